The zero-order valence-electron chi connectivity index (χ0n) is 41.5. The first-order valence-electron chi connectivity index (χ1n) is 24.1. The predicted octanol–water partition coefficient (Wildman–Crippen LogP) is 6.10. The van der Waals surface area contributed by atoms with Gasteiger partial charge in [0.15, 0.2) is 17.5 Å². The molecule has 2 saturated carbocycles. The average Bonchev–Trinajstić information content (AvgIpc) is 3.35. The fraction of sp³-hybridized carbons (Fsp3) is 0.481. The highest BCUT2D eigenvalue weighted by Crippen LogP contribution is 2.65. The number of Topliss-reactive ketones (excluding diaryl/α,β-unsaturated/α-hetero) is 1. The molecular weight excluding hydrogens is 970 g/mol. The Bertz CT molecular complexity index is 2660. The van der Waals surface area contributed by atoms with Crippen LogP contribution in [-0.4, -0.2) is 113 Å². The quantitative estimate of drug-likeness (QED) is 0.0637. The van der Waals surface area contributed by atoms with Gasteiger partial charge < -0.3 is 43.6 Å². The number of aliphatic hydroxyl groups is 1. The van der Waals surface area contributed by atoms with Crippen molar-refractivity contribution in [1.82, 2.24) is 5.32 Å². The Morgan fingerprint density at radius 1 is 0.836 bits per heavy atom. The van der Waals surface area contributed by atoms with Gasteiger partial charge in [0, 0.05) is 49.3 Å². The molecular formula is C54H60FNO16S. The Kier molecular flexibility index (Phi) is 16.1. The van der Waals surface area contributed by atoms with Gasteiger partial charge in [-0.3, -0.25) is 28.8 Å². The third-order valence-electron chi connectivity index (χ3n) is 14.9. The van der Waals surface area contributed by atoms with Crippen molar-refractivity contribution in [3.63, 3.8) is 0 Å². The lowest BCUT2D eigenvalue weighted by Crippen LogP contribution is -2.82. The lowest BCUT2D eigenvalue weighted by molar-refractivity contribution is -0.346. The molecule has 3 aromatic rings. The van der Waals surface area contributed by atoms with Crippen molar-refractivity contribution in [3.8, 4) is 0 Å². The molecule has 7 rings (SSSR count). The summed E-state index contributed by atoms with van der Waals surface area (Å²) in [4.78, 5) is 114. The molecule has 0 spiro atoms. The Labute approximate surface area is 427 Å². The molecule has 4 aliphatic rings. The van der Waals surface area contributed by atoms with E-state index in [4.69, 9.17) is 33.2 Å². The van der Waals surface area contributed by atoms with E-state index in [-0.39, 0.29) is 53.7 Å². The summed E-state index contributed by atoms with van der Waals surface area (Å²) < 4.78 is 57.5. The van der Waals surface area contributed by atoms with Crippen molar-refractivity contribution in [2.24, 2.45) is 16.7 Å². The van der Waals surface area contributed by atoms with Crippen LogP contribution < -0.4 is 5.32 Å². The average molecular weight is 1030 g/mol. The van der Waals surface area contributed by atoms with Crippen molar-refractivity contribution < 1.29 is 81.0 Å². The molecule has 1 aliphatic heterocycles. The van der Waals surface area contributed by atoms with E-state index in [0.717, 1.165) is 31.2 Å². The van der Waals surface area contributed by atoms with Crippen LogP contribution in [0.25, 0.3) is 0 Å². The number of rotatable bonds is 16. The minimum atomic E-state index is -2.56. The molecule has 11 atom stereocenters. The number of carbonyl (C=O) groups is 8. The number of benzene rings is 3. The molecule has 0 aromatic heterocycles. The molecule has 1 heterocycles. The number of esters is 6. The highest BCUT2D eigenvalue weighted by Gasteiger charge is 2.79. The third-order valence-corrected chi connectivity index (χ3v) is 15.1. The molecule has 1 saturated heterocycles. The number of ether oxygens (including phenoxy) is 7. The fourth-order valence-electron chi connectivity index (χ4n) is 11.0. The van der Waals surface area contributed by atoms with Gasteiger partial charge in [-0.05, 0) is 67.0 Å². The summed E-state index contributed by atoms with van der Waals surface area (Å²) >= 11 is 4.17. The first-order valence-corrected chi connectivity index (χ1v) is 24.8. The Hall–Kier alpha value is -6.44. The molecule has 0 radical (unpaired) electrons. The van der Waals surface area contributed by atoms with Gasteiger partial charge in [0.1, 0.15) is 41.9 Å². The topological polar surface area (TPSA) is 233 Å². The zero-order valence-corrected chi connectivity index (χ0v) is 42.4. The second kappa shape index (κ2) is 21.6. The molecule has 73 heavy (non-hydrogen) atoms. The standard InChI is InChI=1S/C54H60FNO16S/c1-8-38(58)68-36-26-37-53(28-66-37,72-30(4)57)45-47(71-49(63)33-20-22-34(55)23-21-33)54(65)27-35(29(3)41(51(54,5)6)43(69-39(59)9-2)46(61)52(36,45)7)67-50(64)44(70-40(60)24-25-73)42(31-16-12-10-13-17-31)56-48(62)32-18-14-11-15-19-32/h10-23,35-37,42-45,47,65,73H,8-9,24-28H2,1-7H3,(H,56,62)/t35-,36-,37+,42-,43+,44+,45?,47-,52+,53-,54+/m0/s1. The van der Waals surface area contributed by atoms with Crippen LogP contribution in [0.2, 0.25) is 0 Å². The minimum Gasteiger partial charge on any atom is -0.461 e. The van der Waals surface area contributed by atoms with Gasteiger partial charge in [-0.2, -0.15) is 12.6 Å². The number of halogens is 1. The summed E-state index contributed by atoms with van der Waals surface area (Å²) in [5.74, 6) is -9.63. The highest BCUT2D eigenvalue weighted by molar-refractivity contribution is 7.80. The maximum absolute atomic E-state index is 16.2. The van der Waals surface area contributed by atoms with Crippen LogP contribution in [0.5, 0.6) is 0 Å². The van der Waals surface area contributed by atoms with Gasteiger partial charge in [0.05, 0.1) is 29.9 Å². The molecule has 2 bridgehead atoms. The van der Waals surface area contributed by atoms with Crippen LogP contribution in [-0.2, 0) is 61.9 Å². The van der Waals surface area contributed by atoms with Gasteiger partial charge in [-0.25, -0.2) is 14.0 Å². The van der Waals surface area contributed by atoms with E-state index in [9.17, 15) is 38.3 Å². The molecule has 3 aromatic carbocycles. The number of fused-ring (bicyclic) bond motifs is 5. The fourth-order valence-corrected chi connectivity index (χ4v) is 11.2. The van der Waals surface area contributed by atoms with Crippen LogP contribution in [0.1, 0.15) is 113 Å². The van der Waals surface area contributed by atoms with E-state index in [1.54, 1.807) is 60.7 Å². The minimum absolute atomic E-state index is 0.0200. The number of hydrogen-bond acceptors (Lipinski definition) is 17. The first-order chi connectivity index (χ1) is 34.6. The van der Waals surface area contributed by atoms with E-state index < -0.39 is 137 Å². The lowest BCUT2D eigenvalue weighted by atomic mass is 9.44. The molecule has 2 N–H and O–H groups in total. The molecule has 1 unspecified atom stereocenters. The van der Waals surface area contributed by atoms with Gasteiger partial charge >= 0.3 is 35.8 Å². The Morgan fingerprint density at radius 3 is 2.03 bits per heavy atom. The van der Waals surface area contributed by atoms with Crippen molar-refractivity contribution in [1.29, 1.82) is 0 Å². The number of nitrogens with one attached hydrogen (secondary N) is 1. The van der Waals surface area contributed by atoms with Crippen LogP contribution in [0.4, 0.5) is 4.39 Å². The van der Waals surface area contributed by atoms with Crippen LogP contribution in [0.3, 0.4) is 0 Å². The molecule has 19 heteroatoms. The van der Waals surface area contributed by atoms with E-state index in [1.165, 1.54) is 41.5 Å². The summed E-state index contributed by atoms with van der Waals surface area (Å²) in [6.07, 6.45) is -11.6. The lowest BCUT2D eigenvalue weighted by Gasteiger charge is -2.67. The predicted molar refractivity (Wildman–Crippen MR) is 259 cm³/mol. The van der Waals surface area contributed by atoms with Gasteiger partial charge in [-0.15, -0.1) is 0 Å². The number of amides is 1. The number of thiol groups is 1. The molecule has 1 amide bonds. The normalized spacial score (nSPS) is 28.7. The molecule has 17 nitrogen and oxygen atoms in total. The van der Waals surface area contributed by atoms with E-state index in [2.05, 4.69) is 17.9 Å². The van der Waals surface area contributed by atoms with Crippen LogP contribution in [0, 0.1) is 22.6 Å². The maximum Gasteiger partial charge on any atom is 0.350 e. The van der Waals surface area contributed by atoms with Crippen LogP contribution >= 0.6 is 12.6 Å². The largest absolute Gasteiger partial charge is 0.461 e. The summed E-state index contributed by atoms with van der Waals surface area (Å²) in [6, 6.07) is 19.1. The summed E-state index contributed by atoms with van der Waals surface area (Å²) in [5, 5.41) is 16.9. The van der Waals surface area contributed by atoms with Crippen molar-refractivity contribution >= 4 is 60.1 Å². The summed E-state index contributed by atoms with van der Waals surface area (Å²) in [6.45, 7) is 9.66. The zero-order chi connectivity index (χ0) is 53.2. The summed E-state index contributed by atoms with van der Waals surface area (Å²) in [5.41, 5.74) is -8.08. The highest BCUT2D eigenvalue weighted by atomic mass is 32.1. The number of ketones is 1. The summed E-state index contributed by atoms with van der Waals surface area (Å²) in [7, 11) is 0. The SMILES string of the molecule is CCC(=O)O[C@H]1C(=O)[C@@]2(C)C([C@H](OC(=O)c3ccc(F)cc3)[C@]3(O)C[C@H](OC(=O)[C@H](OC(=O)CCS)[C@@H](NC(=O)c4ccccc4)c4ccccc4)C(C)=C1C3(C)C)[C@]1(OC(C)=O)CO[C@@H]1C[C@@H]2OC(=O)CC. The Balaban J connectivity index is 1.47. The molecule has 390 valence electrons. The second-order valence-corrected chi connectivity index (χ2v) is 19.9. The van der Waals surface area contributed by atoms with Crippen LogP contribution in [0.15, 0.2) is 96.1 Å². The van der Waals surface area contributed by atoms with Crippen molar-refractivity contribution in [2.45, 2.75) is 134 Å². The monoisotopic (exact) mass is 1030 g/mol. The van der Waals surface area contributed by atoms with Crippen molar-refractivity contribution in [3.05, 3.63) is 119 Å². The number of carbonyl (C=O) groups excluding carboxylic acids is 8. The van der Waals surface area contributed by atoms with Gasteiger partial charge in [-0.1, -0.05) is 76.2 Å². The van der Waals surface area contributed by atoms with Gasteiger partial charge in [0.2, 0.25) is 6.10 Å². The van der Waals surface area contributed by atoms with Crippen molar-refractivity contribution in [2.75, 3.05) is 12.4 Å². The smallest absolute Gasteiger partial charge is 0.350 e. The van der Waals surface area contributed by atoms with E-state index >= 15 is 9.59 Å². The molecule has 3 fully saturated rings. The van der Waals surface area contributed by atoms with E-state index in [0.29, 0.717) is 5.56 Å². The van der Waals surface area contributed by atoms with Gasteiger partial charge in [0.25, 0.3) is 5.91 Å². The second-order valence-electron chi connectivity index (χ2n) is 19.5. The molecule has 3 aliphatic carbocycles. The maximum atomic E-state index is 16.2. The third kappa shape index (κ3) is 10.1. The first kappa shape index (κ1) is 54.3. The number of hydrogen-bond donors (Lipinski definition) is 3. The van der Waals surface area contributed by atoms with E-state index in [1.807, 2.05) is 0 Å². The Morgan fingerprint density at radius 2 is 1.45 bits per heavy atom.